The molecule has 0 radical (unpaired) electrons. The number of amides is 2. The third-order valence-corrected chi connectivity index (χ3v) is 3.27. The first-order valence-corrected chi connectivity index (χ1v) is 7.75. The van der Waals surface area contributed by atoms with Gasteiger partial charge in [0.2, 0.25) is 5.91 Å². The molecule has 7 heteroatoms. The molecule has 0 heterocycles. The second-order valence-electron chi connectivity index (χ2n) is 5.55. The number of hydrogen-bond acceptors (Lipinski definition) is 5. The topological polar surface area (TPSA) is 93.7 Å². The van der Waals surface area contributed by atoms with E-state index in [9.17, 15) is 14.4 Å². The van der Waals surface area contributed by atoms with Crippen molar-refractivity contribution in [1.82, 2.24) is 10.6 Å². The van der Waals surface area contributed by atoms with Crippen molar-refractivity contribution >= 4 is 18.0 Å². The van der Waals surface area contributed by atoms with Crippen molar-refractivity contribution in [3.8, 4) is 0 Å². The van der Waals surface area contributed by atoms with Crippen LogP contribution >= 0.6 is 0 Å². The van der Waals surface area contributed by atoms with Crippen LogP contribution in [0.1, 0.15) is 25.8 Å². The Labute approximate surface area is 141 Å². The SMILES string of the molecule is COC(=O)[C@@H](NC(=O)CCNC(=O)OCc1ccccc1)C(C)C. The van der Waals surface area contributed by atoms with Crippen LogP contribution in [0.15, 0.2) is 30.3 Å². The van der Waals surface area contributed by atoms with Crippen molar-refractivity contribution in [3.63, 3.8) is 0 Å². The summed E-state index contributed by atoms with van der Waals surface area (Å²) in [5, 5.41) is 5.08. The summed E-state index contributed by atoms with van der Waals surface area (Å²) in [6.07, 6.45) is -0.555. The molecule has 0 saturated heterocycles. The normalized spacial score (nSPS) is 11.5. The molecule has 0 bridgehead atoms. The van der Waals surface area contributed by atoms with E-state index in [1.54, 1.807) is 13.8 Å². The molecule has 2 N–H and O–H groups in total. The fraction of sp³-hybridized carbons (Fsp3) is 0.471. The molecular formula is C17H24N2O5. The predicted molar refractivity (Wildman–Crippen MR) is 88.0 cm³/mol. The molecule has 1 aromatic rings. The lowest BCUT2D eigenvalue weighted by Crippen LogP contribution is -2.45. The van der Waals surface area contributed by atoms with Gasteiger partial charge in [0.1, 0.15) is 12.6 Å². The maximum atomic E-state index is 11.8. The fourth-order valence-corrected chi connectivity index (χ4v) is 1.92. The van der Waals surface area contributed by atoms with Crippen LogP contribution in [0.4, 0.5) is 4.79 Å². The van der Waals surface area contributed by atoms with Crippen molar-refractivity contribution in [2.45, 2.75) is 32.9 Å². The molecule has 0 unspecified atom stereocenters. The molecule has 7 nitrogen and oxygen atoms in total. The van der Waals surface area contributed by atoms with Crippen LogP contribution in [0, 0.1) is 5.92 Å². The van der Waals surface area contributed by atoms with Crippen LogP contribution in [0.3, 0.4) is 0 Å². The van der Waals surface area contributed by atoms with Gasteiger partial charge in [0.25, 0.3) is 0 Å². The van der Waals surface area contributed by atoms with E-state index < -0.39 is 18.1 Å². The quantitative estimate of drug-likeness (QED) is 0.704. The molecule has 1 aromatic carbocycles. The van der Waals surface area contributed by atoms with Crippen LogP contribution in [0.2, 0.25) is 0 Å². The van der Waals surface area contributed by atoms with Crippen LogP contribution in [0.25, 0.3) is 0 Å². The number of carbonyl (C=O) groups is 3. The van der Waals surface area contributed by atoms with Crippen LogP contribution in [-0.4, -0.2) is 37.7 Å². The molecule has 0 saturated carbocycles. The van der Waals surface area contributed by atoms with Crippen LogP contribution < -0.4 is 10.6 Å². The number of benzene rings is 1. The van der Waals surface area contributed by atoms with Gasteiger partial charge in [-0.05, 0) is 11.5 Å². The van der Waals surface area contributed by atoms with Gasteiger partial charge in [0.15, 0.2) is 0 Å². The van der Waals surface area contributed by atoms with Gasteiger partial charge in [-0.3, -0.25) is 4.79 Å². The predicted octanol–water partition coefficient (Wildman–Crippen LogP) is 1.62. The van der Waals surface area contributed by atoms with E-state index in [2.05, 4.69) is 15.4 Å². The van der Waals surface area contributed by atoms with Gasteiger partial charge in [-0.25, -0.2) is 9.59 Å². The Hall–Kier alpha value is -2.57. The monoisotopic (exact) mass is 336 g/mol. The standard InChI is InChI=1S/C17H24N2O5/c1-12(2)15(16(21)23-3)19-14(20)9-10-18-17(22)24-11-13-7-5-4-6-8-13/h4-8,12,15H,9-11H2,1-3H3,(H,18,22)(H,19,20)/t15-/m0/s1. The van der Waals surface area contributed by atoms with E-state index in [4.69, 9.17) is 4.74 Å². The summed E-state index contributed by atoms with van der Waals surface area (Å²) in [6, 6.07) is 8.58. The molecule has 24 heavy (non-hydrogen) atoms. The number of ether oxygens (including phenoxy) is 2. The summed E-state index contributed by atoms with van der Waals surface area (Å²) in [7, 11) is 1.27. The van der Waals surface area contributed by atoms with Crippen molar-refractivity contribution in [2.24, 2.45) is 5.92 Å². The lowest BCUT2D eigenvalue weighted by atomic mass is 10.0. The Morgan fingerprint density at radius 2 is 1.79 bits per heavy atom. The first-order valence-electron chi connectivity index (χ1n) is 7.75. The van der Waals surface area contributed by atoms with E-state index in [1.807, 2.05) is 30.3 Å². The highest BCUT2D eigenvalue weighted by Gasteiger charge is 2.24. The number of hydrogen-bond donors (Lipinski definition) is 2. The molecule has 1 atom stereocenters. The van der Waals surface area contributed by atoms with Gasteiger partial charge in [-0.2, -0.15) is 0 Å². The second-order valence-corrected chi connectivity index (χ2v) is 5.55. The van der Waals surface area contributed by atoms with E-state index in [0.717, 1.165) is 5.56 Å². The number of carbonyl (C=O) groups excluding carboxylic acids is 3. The zero-order valence-corrected chi connectivity index (χ0v) is 14.2. The second kappa shape index (κ2) is 10.3. The van der Waals surface area contributed by atoms with Gasteiger partial charge in [-0.15, -0.1) is 0 Å². The molecule has 0 spiro atoms. The van der Waals surface area contributed by atoms with Gasteiger partial charge in [0.05, 0.1) is 7.11 Å². The third-order valence-electron chi connectivity index (χ3n) is 3.27. The highest BCUT2D eigenvalue weighted by molar-refractivity contribution is 5.84. The summed E-state index contributed by atoms with van der Waals surface area (Å²) in [4.78, 5) is 34.9. The highest BCUT2D eigenvalue weighted by atomic mass is 16.5. The van der Waals surface area contributed by atoms with Gasteiger partial charge < -0.3 is 20.1 Å². The summed E-state index contributed by atoms with van der Waals surface area (Å²) in [6.45, 7) is 3.89. The zero-order chi connectivity index (χ0) is 17.9. The Bertz CT molecular complexity index is 545. The minimum absolute atomic E-state index is 0.0423. The Kier molecular flexibility index (Phi) is 8.32. The molecule has 0 fully saturated rings. The average molecular weight is 336 g/mol. The van der Waals surface area contributed by atoms with E-state index in [-0.39, 0.29) is 31.4 Å². The molecule has 0 aliphatic carbocycles. The van der Waals surface area contributed by atoms with Crippen LogP contribution in [-0.2, 0) is 25.7 Å². The van der Waals surface area contributed by atoms with E-state index in [1.165, 1.54) is 7.11 Å². The first kappa shape index (κ1) is 19.5. The molecular weight excluding hydrogens is 312 g/mol. The van der Waals surface area contributed by atoms with Crippen LogP contribution in [0.5, 0.6) is 0 Å². The van der Waals surface area contributed by atoms with Gasteiger partial charge in [-0.1, -0.05) is 44.2 Å². The smallest absolute Gasteiger partial charge is 0.407 e. The molecule has 132 valence electrons. The largest absolute Gasteiger partial charge is 0.467 e. The van der Waals surface area contributed by atoms with Crippen molar-refractivity contribution in [2.75, 3.05) is 13.7 Å². The van der Waals surface area contributed by atoms with E-state index in [0.29, 0.717) is 0 Å². The zero-order valence-electron chi connectivity index (χ0n) is 14.2. The number of alkyl carbamates (subject to hydrolysis) is 1. The number of esters is 1. The molecule has 0 aliphatic heterocycles. The lowest BCUT2D eigenvalue weighted by Gasteiger charge is -2.19. The van der Waals surface area contributed by atoms with E-state index >= 15 is 0 Å². The maximum Gasteiger partial charge on any atom is 0.407 e. The lowest BCUT2D eigenvalue weighted by molar-refractivity contribution is -0.146. The average Bonchev–Trinajstić information content (AvgIpc) is 2.58. The molecule has 0 aliphatic rings. The number of nitrogens with one attached hydrogen (secondary N) is 2. The maximum absolute atomic E-state index is 11.8. The van der Waals surface area contributed by atoms with Gasteiger partial charge in [0, 0.05) is 13.0 Å². The fourth-order valence-electron chi connectivity index (χ4n) is 1.92. The minimum Gasteiger partial charge on any atom is -0.467 e. The van der Waals surface area contributed by atoms with Gasteiger partial charge >= 0.3 is 12.1 Å². The molecule has 0 aromatic heterocycles. The summed E-state index contributed by atoms with van der Waals surface area (Å²) < 4.78 is 9.68. The highest BCUT2D eigenvalue weighted by Crippen LogP contribution is 2.04. The third kappa shape index (κ3) is 7.13. The number of methoxy groups -OCH3 is 1. The summed E-state index contributed by atoms with van der Waals surface area (Å²) in [5.41, 5.74) is 0.878. The van der Waals surface area contributed by atoms with Crippen molar-refractivity contribution in [3.05, 3.63) is 35.9 Å². The Morgan fingerprint density at radius 1 is 1.12 bits per heavy atom. The number of rotatable bonds is 8. The summed E-state index contributed by atoms with van der Waals surface area (Å²) in [5.74, 6) is -0.929. The Morgan fingerprint density at radius 3 is 2.38 bits per heavy atom. The minimum atomic E-state index is -0.701. The Balaban J connectivity index is 2.26. The summed E-state index contributed by atoms with van der Waals surface area (Å²) >= 11 is 0. The van der Waals surface area contributed by atoms with Crippen molar-refractivity contribution < 1.29 is 23.9 Å². The molecule has 2 amide bonds. The first-order chi connectivity index (χ1) is 11.4. The van der Waals surface area contributed by atoms with Crippen molar-refractivity contribution in [1.29, 1.82) is 0 Å². The molecule has 1 rings (SSSR count).